The Morgan fingerprint density at radius 1 is 1.25 bits per heavy atom. The average Bonchev–Trinajstić information content (AvgIpc) is 2.76. The Morgan fingerprint density at radius 3 is 2.84 bits per heavy atom. The quantitative estimate of drug-likeness (QED) is 0.265. The third-order valence-electron chi connectivity index (χ3n) is 5.25. The topological polar surface area (TPSA) is 95.9 Å². The van der Waals surface area contributed by atoms with E-state index in [0.717, 1.165) is 6.42 Å². The smallest absolute Gasteiger partial charge is 0.342 e. The van der Waals surface area contributed by atoms with E-state index in [1.807, 2.05) is 32.1 Å². The predicted octanol–water partition coefficient (Wildman–Crippen LogP) is 4.35. The number of allylic oxidation sites excluding steroid dienone is 5. The molecule has 1 amide bonds. The number of fused-ring (bicyclic) bond motifs is 1. The normalized spacial score (nSPS) is 22.5. The molecule has 0 unspecified atom stereocenters. The van der Waals surface area contributed by atoms with Crippen LogP contribution in [0.4, 0.5) is 0 Å². The van der Waals surface area contributed by atoms with Gasteiger partial charge in [-0.3, -0.25) is 4.79 Å². The Labute approximate surface area is 190 Å². The summed E-state index contributed by atoms with van der Waals surface area (Å²) < 4.78 is 5.68. The number of benzene rings is 1. The first-order valence-electron chi connectivity index (χ1n) is 11.1. The lowest BCUT2D eigenvalue weighted by Gasteiger charge is -2.24. The van der Waals surface area contributed by atoms with E-state index < -0.39 is 18.2 Å². The molecule has 0 radical (unpaired) electrons. The molecule has 1 aliphatic rings. The highest BCUT2D eigenvalue weighted by atomic mass is 16.5. The zero-order valence-electron chi connectivity index (χ0n) is 18.7. The minimum Gasteiger partial charge on any atom is -0.507 e. The molecule has 3 atom stereocenters. The minimum absolute atomic E-state index is 0.000482. The summed E-state index contributed by atoms with van der Waals surface area (Å²) in [5.74, 6) is -1.02. The number of phenols is 1. The molecule has 0 spiro atoms. The number of aromatic hydroxyl groups is 1. The van der Waals surface area contributed by atoms with Gasteiger partial charge in [0.15, 0.2) is 0 Å². The van der Waals surface area contributed by atoms with E-state index in [1.165, 1.54) is 18.3 Å². The number of aliphatic hydroxyl groups excluding tert-OH is 1. The molecule has 1 heterocycles. The van der Waals surface area contributed by atoms with Crippen LogP contribution >= 0.6 is 0 Å². The molecule has 0 aliphatic carbocycles. The number of nitrogens with one attached hydrogen (secondary N) is 1. The first-order chi connectivity index (χ1) is 15.4. The Morgan fingerprint density at radius 2 is 2.06 bits per heavy atom. The molecule has 0 bridgehead atoms. The SMILES string of the molecule is CCC=CC=CC(=O)NC=CC[C@H]1C[C@@H](O)[C@@H](C)CC=CCc2cccc(O)c2C(=O)O1. The van der Waals surface area contributed by atoms with Gasteiger partial charge in [-0.05, 0) is 36.8 Å². The Bertz CT molecular complexity index is 884. The maximum Gasteiger partial charge on any atom is 0.342 e. The number of carbonyl (C=O) groups excluding carboxylic acids is 2. The Hall–Kier alpha value is -3.12. The molecule has 0 saturated carbocycles. The van der Waals surface area contributed by atoms with Crippen molar-refractivity contribution in [2.75, 3.05) is 0 Å². The number of carbonyl (C=O) groups is 2. The van der Waals surface area contributed by atoms with Crippen LogP contribution in [0.3, 0.4) is 0 Å². The van der Waals surface area contributed by atoms with E-state index in [0.29, 0.717) is 24.8 Å². The van der Waals surface area contributed by atoms with Crippen molar-refractivity contribution in [2.24, 2.45) is 5.92 Å². The van der Waals surface area contributed by atoms with Gasteiger partial charge in [0.05, 0.1) is 6.10 Å². The van der Waals surface area contributed by atoms with Gasteiger partial charge in [-0.1, -0.05) is 62.4 Å². The monoisotopic (exact) mass is 439 g/mol. The molecule has 0 fully saturated rings. The van der Waals surface area contributed by atoms with Crippen molar-refractivity contribution in [3.05, 3.63) is 78.1 Å². The van der Waals surface area contributed by atoms with Crippen molar-refractivity contribution in [1.82, 2.24) is 5.32 Å². The summed E-state index contributed by atoms with van der Waals surface area (Å²) in [6.07, 6.45) is 15.3. The van der Waals surface area contributed by atoms with Crippen LogP contribution in [0.25, 0.3) is 0 Å². The average molecular weight is 440 g/mol. The molecule has 172 valence electrons. The van der Waals surface area contributed by atoms with Crippen LogP contribution in [0.5, 0.6) is 5.75 Å². The van der Waals surface area contributed by atoms with Gasteiger partial charge in [0.2, 0.25) is 5.91 Å². The Balaban J connectivity index is 2.11. The molecule has 0 saturated heterocycles. The van der Waals surface area contributed by atoms with Crippen molar-refractivity contribution >= 4 is 11.9 Å². The largest absolute Gasteiger partial charge is 0.507 e. The number of amides is 1. The summed E-state index contributed by atoms with van der Waals surface area (Å²) in [7, 11) is 0. The summed E-state index contributed by atoms with van der Waals surface area (Å²) in [6, 6.07) is 4.95. The van der Waals surface area contributed by atoms with Gasteiger partial charge >= 0.3 is 5.97 Å². The minimum atomic E-state index is -0.656. The number of phenolic OH excluding ortho intramolecular Hbond substituents is 1. The third-order valence-corrected chi connectivity index (χ3v) is 5.25. The molecule has 1 aliphatic heterocycles. The number of esters is 1. The lowest BCUT2D eigenvalue weighted by molar-refractivity contribution is -0.115. The summed E-state index contributed by atoms with van der Waals surface area (Å²) in [4.78, 5) is 24.6. The predicted molar refractivity (Wildman–Crippen MR) is 125 cm³/mol. The fraction of sp³-hybridized carbons (Fsp3) is 0.385. The molecule has 2 rings (SSSR count). The van der Waals surface area contributed by atoms with Crippen LogP contribution in [0, 0.1) is 5.92 Å². The second-order valence-electron chi connectivity index (χ2n) is 7.87. The van der Waals surface area contributed by atoms with Crippen LogP contribution in [-0.2, 0) is 16.0 Å². The van der Waals surface area contributed by atoms with E-state index in [1.54, 1.807) is 30.4 Å². The zero-order valence-corrected chi connectivity index (χ0v) is 18.7. The number of hydrogen-bond donors (Lipinski definition) is 3. The van der Waals surface area contributed by atoms with Crippen LogP contribution in [-0.4, -0.2) is 34.3 Å². The first kappa shape index (κ1) is 25.1. The summed E-state index contributed by atoms with van der Waals surface area (Å²) in [5.41, 5.74) is 0.832. The molecular formula is C26H33NO5. The zero-order chi connectivity index (χ0) is 23.3. The highest BCUT2D eigenvalue weighted by molar-refractivity contribution is 5.94. The molecule has 0 aromatic heterocycles. The number of cyclic esters (lactones) is 1. The number of ether oxygens (including phenoxy) is 1. The van der Waals surface area contributed by atoms with Crippen molar-refractivity contribution in [3.63, 3.8) is 0 Å². The van der Waals surface area contributed by atoms with E-state index in [9.17, 15) is 19.8 Å². The van der Waals surface area contributed by atoms with E-state index in [-0.39, 0.29) is 29.6 Å². The summed E-state index contributed by atoms with van der Waals surface area (Å²) in [5, 5.41) is 23.4. The molecule has 1 aromatic carbocycles. The van der Waals surface area contributed by atoms with Gasteiger partial charge < -0.3 is 20.3 Å². The second kappa shape index (κ2) is 13.3. The van der Waals surface area contributed by atoms with Crippen LogP contribution in [0.15, 0.2) is 66.9 Å². The standard InChI is InChI=1S/C26H33NO5/c1-3-4-5-6-16-24(30)27-17-10-14-21-18-23(29)19(2)11-7-8-12-20-13-9-15-22(28)25(20)26(31)32-21/h4-10,13,15-17,19,21,23,28-29H,3,11-12,14,18H2,1-2H3,(H,27,30)/t19-,21-,23+/m0/s1. The molecule has 6 nitrogen and oxygen atoms in total. The maximum absolute atomic E-state index is 12.9. The highest BCUT2D eigenvalue weighted by Crippen LogP contribution is 2.26. The van der Waals surface area contributed by atoms with Gasteiger partial charge in [-0.15, -0.1) is 0 Å². The van der Waals surface area contributed by atoms with Crippen molar-refractivity contribution in [2.45, 2.75) is 58.2 Å². The maximum atomic E-state index is 12.9. The number of rotatable bonds is 6. The first-order valence-corrected chi connectivity index (χ1v) is 11.1. The van der Waals surface area contributed by atoms with E-state index >= 15 is 0 Å². The molecule has 3 N–H and O–H groups in total. The number of hydrogen-bond acceptors (Lipinski definition) is 5. The van der Waals surface area contributed by atoms with Gasteiger partial charge in [0.1, 0.15) is 17.4 Å². The van der Waals surface area contributed by atoms with Gasteiger partial charge in [-0.2, -0.15) is 0 Å². The molecular weight excluding hydrogens is 406 g/mol. The Kier molecular flexibility index (Phi) is 10.5. The third kappa shape index (κ3) is 8.19. The lowest BCUT2D eigenvalue weighted by Crippen LogP contribution is -2.28. The summed E-state index contributed by atoms with van der Waals surface area (Å²) >= 11 is 0. The molecule has 32 heavy (non-hydrogen) atoms. The van der Waals surface area contributed by atoms with Crippen molar-refractivity contribution in [3.8, 4) is 5.75 Å². The lowest BCUT2D eigenvalue weighted by atomic mass is 9.93. The fourth-order valence-electron chi connectivity index (χ4n) is 3.34. The van der Waals surface area contributed by atoms with Gasteiger partial charge in [0.25, 0.3) is 0 Å². The molecule has 6 heteroatoms. The van der Waals surface area contributed by atoms with E-state index in [2.05, 4.69) is 5.32 Å². The van der Waals surface area contributed by atoms with Crippen LogP contribution in [0.2, 0.25) is 0 Å². The summed E-state index contributed by atoms with van der Waals surface area (Å²) in [6.45, 7) is 3.96. The number of aliphatic hydroxyl groups is 1. The molecule has 1 aromatic rings. The second-order valence-corrected chi connectivity index (χ2v) is 7.87. The van der Waals surface area contributed by atoms with Gasteiger partial charge in [0, 0.05) is 25.1 Å². The fourth-order valence-corrected chi connectivity index (χ4v) is 3.34. The van der Waals surface area contributed by atoms with Crippen molar-refractivity contribution < 1.29 is 24.5 Å². The van der Waals surface area contributed by atoms with Crippen LogP contribution in [0.1, 0.15) is 55.5 Å². The van der Waals surface area contributed by atoms with E-state index in [4.69, 9.17) is 4.74 Å². The van der Waals surface area contributed by atoms with Crippen LogP contribution < -0.4 is 5.32 Å². The van der Waals surface area contributed by atoms with Crippen molar-refractivity contribution in [1.29, 1.82) is 0 Å². The van der Waals surface area contributed by atoms with Gasteiger partial charge in [-0.25, -0.2) is 4.79 Å². The highest BCUT2D eigenvalue weighted by Gasteiger charge is 2.25.